The van der Waals surface area contributed by atoms with Gasteiger partial charge in [-0.25, -0.2) is 18.9 Å². The molecule has 2 amide bonds. The lowest BCUT2D eigenvalue weighted by atomic mass is 10.1. The van der Waals surface area contributed by atoms with Gasteiger partial charge in [0.05, 0.1) is 10.6 Å². The number of carbonyl (C=O) groups is 1. The molecule has 0 saturated heterocycles. The quantitative estimate of drug-likeness (QED) is 0.304. The third kappa shape index (κ3) is 4.66. The van der Waals surface area contributed by atoms with Crippen molar-refractivity contribution >= 4 is 45.9 Å². The van der Waals surface area contributed by atoms with E-state index < -0.39 is 11.8 Å². The predicted molar refractivity (Wildman–Crippen MR) is 143 cm³/mol. The summed E-state index contributed by atoms with van der Waals surface area (Å²) < 4.78 is 17.7. The van der Waals surface area contributed by atoms with Crippen LogP contribution in [-0.4, -0.2) is 30.3 Å². The molecule has 4 aromatic heterocycles. The van der Waals surface area contributed by atoms with E-state index in [-0.39, 0.29) is 23.2 Å². The van der Waals surface area contributed by atoms with Crippen molar-refractivity contribution in [3.8, 4) is 21.7 Å². The molecule has 0 aliphatic heterocycles. The Hall–Kier alpha value is -4.58. The molecular formula is C25H23FN8O2S. The predicted octanol–water partition coefficient (Wildman–Crippen LogP) is 4.87. The first kappa shape index (κ1) is 24.1. The highest BCUT2D eigenvalue weighted by atomic mass is 32.1. The molecule has 0 spiro atoms. The third-order valence-corrected chi connectivity index (χ3v) is 6.63. The Morgan fingerprint density at radius 1 is 1.16 bits per heavy atom. The van der Waals surface area contributed by atoms with E-state index in [4.69, 9.17) is 5.73 Å². The van der Waals surface area contributed by atoms with Gasteiger partial charge < -0.3 is 11.1 Å². The lowest BCUT2D eigenvalue weighted by Gasteiger charge is -2.13. The second-order valence-corrected chi connectivity index (χ2v) is 9.58. The second-order valence-electron chi connectivity index (χ2n) is 8.63. The summed E-state index contributed by atoms with van der Waals surface area (Å²) in [5.41, 5.74) is 7.04. The summed E-state index contributed by atoms with van der Waals surface area (Å²) >= 11 is 1.54. The number of amides is 2. The van der Waals surface area contributed by atoms with Gasteiger partial charge >= 0.3 is 6.03 Å². The van der Waals surface area contributed by atoms with Gasteiger partial charge in [-0.15, -0.1) is 11.3 Å². The van der Waals surface area contributed by atoms with E-state index in [9.17, 15) is 14.0 Å². The van der Waals surface area contributed by atoms with Crippen molar-refractivity contribution in [2.75, 3.05) is 16.4 Å². The van der Waals surface area contributed by atoms with E-state index >= 15 is 0 Å². The van der Waals surface area contributed by atoms with Gasteiger partial charge in [-0.1, -0.05) is 12.1 Å². The number of benzene rings is 1. The van der Waals surface area contributed by atoms with Crippen LogP contribution in [-0.2, 0) is 7.05 Å². The first-order chi connectivity index (χ1) is 17.7. The molecule has 12 heteroatoms. The van der Waals surface area contributed by atoms with Crippen molar-refractivity contribution in [2.45, 2.75) is 19.9 Å². The molecule has 0 unspecified atom stereocenters. The summed E-state index contributed by atoms with van der Waals surface area (Å²) in [4.78, 5) is 34.9. The number of aromatic nitrogens is 5. The summed E-state index contributed by atoms with van der Waals surface area (Å²) in [6.07, 6.45) is 1.51. The SMILES string of the molecule is CC(C)n1nc(-c2cccs2)cc1NC(=O)Nc1cc(-c2cc3cnc(N)nc3n(C)c2=O)ccc1F. The van der Waals surface area contributed by atoms with E-state index in [0.29, 0.717) is 28.0 Å². The van der Waals surface area contributed by atoms with E-state index in [0.717, 1.165) is 10.6 Å². The van der Waals surface area contributed by atoms with Crippen LogP contribution in [0.25, 0.3) is 32.7 Å². The van der Waals surface area contributed by atoms with Gasteiger partial charge in [0.25, 0.3) is 5.56 Å². The molecule has 5 aromatic rings. The molecular weight excluding hydrogens is 495 g/mol. The van der Waals surface area contributed by atoms with Crippen LogP contribution < -0.4 is 21.9 Å². The molecule has 0 fully saturated rings. The number of aryl methyl sites for hydroxylation is 1. The number of urea groups is 1. The average Bonchev–Trinajstić information content (AvgIpc) is 3.53. The lowest BCUT2D eigenvalue weighted by molar-refractivity contribution is 0.261. The molecule has 10 nitrogen and oxygen atoms in total. The smallest absolute Gasteiger partial charge is 0.324 e. The highest BCUT2D eigenvalue weighted by Gasteiger charge is 2.17. The van der Waals surface area contributed by atoms with Crippen LogP contribution >= 0.6 is 11.3 Å². The maximum Gasteiger partial charge on any atom is 0.324 e. The van der Waals surface area contributed by atoms with E-state index in [1.165, 1.54) is 29.0 Å². The number of nitrogens with zero attached hydrogens (tertiary/aromatic N) is 5. The standard InChI is InChI=1S/C25H23FN8O2S/c1-13(2)34-21(11-19(32-34)20-5-4-8-37-20)30-25(36)29-18-10-14(6-7-17(18)26)16-9-15-12-28-24(27)31-22(15)33(3)23(16)35/h4-13H,1-3H3,(H2,27,28,31)(H2,29,30,36). The molecule has 0 saturated carbocycles. The minimum absolute atomic E-state index is 0.0208. The van der Waals surface area contributed by atoms with Crippen molar-refractivity contribution in [3.63, 3.8) is 0 Å². The van der Waals surface area contributed by atoms with Crippen molar-refractivity contribution in [1.82, 2.24) is 24.3 Å². The van der Waals surface area contributed by atoms with Gasteiger partial charge in [0.2, 0.25) is 5.95 Å². The monoisotopic (exact) mass is 518 g/mol. The van der Waals surface area contributed by atoms with Crippen LogP contribution in [0.1, 0.15) is 19.9 Å². The molecule has 1 aromatic carbocycles. The van der Waals surface area contributed by atoms with Crippen LogP contribution in [0.2, 0.25) is 0 Å². The zero-order chi connectivity index (χ0) is 26.3. The highest BCUT2D eigenvalue weighted by molar-refractivity contribution is 7.13. The van der Waals surface area contributed by atoms with Crippen LogP contribution in [0.3, 0.4) is 0 Å². The van der Waals surface area contributed by atoms with Gasteiger partial charge in [0, 0.05) is 36.3 Å². The van der Waals surface area contributed by atoms with E-state index in [1.807, 2.05) is 31.4 Å². The minimum atomic E-state index is -0.649. The van der Waals surface area contributed by atoms with Crippen molar-refractivity contribution in [1.29, 1.82) is 0 Å². The normalized spacial score (nSPS) is 11.3. The molecule has 5 rings (SSSR count). The number of hydrogen-bond donors (Lipinski definition) is 3. The number of nitrogen functional groups attached to an aromatic ring is 1. The molecule has 4 N–H and O–H groups in total. The number of nitrogens with two attached hydrogens (primary N) is 1. The molecule has 0 bridgehead atoms. The van der Waals surface area contributed by atoms with Gasteiger partial charge in [-0.3, -0.25) is 14.7 Å². The summed E-state index contributed by atoms with van der Waals surface area (Å²) in [6, 6.07) is 10.7. The molecule has 0 atom stereocenters. The first-order valence-corrected chi connectivity index (χ1v) is 12.2. The minimum Gasteiger partial charge on any atom is -0.368 e. The number of pyridine rings is 1. The number of anilines is 3. The maximum atomic E-state index is 14.7. The van der Waals surface area contributed by atoms with Gasteiger partial charge in [0.15, 0.2) is 0 Å². The first-order valence-electron chi connectivity index (χ1n) is 11.3. The Bertz CT molecular complexity index is 1690. The fraction of sp³-hybridized carbons (Fsp3) is 0.160. The van der Waals surface area contributed by atoms with Gasteiger partial charge in [-0.05, 0) is 49.1 Å². The van der Waals surface area contributed by atoms with Gasteiger partial charge in [-0.2, -0.15) is 10.1 Å². The number of nitrogens with one attached hydrogen (secondary N) is 2. The van der Waals surface area contributed by atoms with Crippen molar-refractivity contribution < 1.29 is 9.18 Å². The summed E-state index contributed by atoms with van der Waals surface area (Å²) in [5.74, 6) is -0.129. The van der Waals surface area contributed by atoms with E-state index in [1.54, 1.807) is 35.2 Å². The number of carbonyl (C=O) groups excluding carboxylic acids is 1. The molecule has 0 aliphatic carbocycles. The summed E-state index contributed by atoms with van der Waals surface area (Å²) in [5, 5.41) is 12.4. The number of hydrogen-bond acceptors (Lipinski definition) is 7. The number of thiophene rings is 1. The Balaban J connectivity index is 1.44. The summed E-state index contributed by atoms with van der Waals surface area (Å²) in [6.45, 7) is 3.89. The topological polar surface area (TPSA) is 133 Å². The van der Waals surface area contributed by atoms with Crippen LogP contribution in [0.15, 0.2) is 58.8 Å². The second kappa shape index (κ2) is 9.47. The molecule has 0 radical (unpaired) electrons. The van der Waals surface area contributed by atoms with Crippen LogP contribution in [0.4, 0.5) is 26.6 Å². The van der Waals surface area contributed by atoms with E-state index in [2.05, 4.69) is 25.7 Å². The number of rotatable bonds is 5. The highest BCUT2D eigenvalue weighted by Crippen LogP contribution is 2.29. The zero-order valence-electron chi connectivity index (χ0n) is 20.2. The Kier molecular flexibility index (Phi) is 6.17. The lowest BCUT2D eigenvalue weighted by Crippen LogP contribution is -2.23. The Morgan fingerprint density at radius 2 is 1.97 bits per heavy atom. The zero-order valence-corrected chi connectivity index (χ0v) is 21.0. The van der Waals surface area contributed by atoms with Gasteiger partial charge in [0.1, 0.15) is 23.0 Å². The van der Waals surface area contributed by atoms with Crippen molar-refractivity contribution in [2.24, 2.45) is 7.05 Å². The summed E-state index contributed by atoms with van der Waals surface area (Å²) in [7, 11) is 1.57. The van der Waals surface area contributed by atoms with Crippen LogP contribution in [0, 0.1) is 5.82 Å². The third-order valence-electron chi connectivity index (χ3n) is 5.73. The maximum absolute atomic E-state index is 14.7. The van der Waals surface area contributed by atoms with Crippen LogP contribution in [0.5, 0.6) is 0 Å². The molecule has 0 aliphatic rings. The Labute approximate surface area is 214 Å². The molecule has 4 heterocycles. The fourth-order valence-corrected chi connectivity index (χ4v) is 4.63. The number of fused-ring (bicyclic) bond motifs is 1. The Morgan fingerprint density at radius 3 is 2.70 bits per heavy atom. The molecule has 37 heavy (non-hydrogen) atoms. The van der Waals surface area contributed by atoms with Crippen molar-refractivity contribution in [3.05, 3.63) is 70.2 Å². The number of halogens is 1. The average molecular weight is 519 g/mol. The largest absolute Gasteiger partial charge is 0.368 e. The molecule has 188 valence electrons. The fourth-order valence-electron chi connectivity index (χ4n) is 3.95.